The van der Waals surface area contributed by atoms with Crippen LogP contribution in [0.2, 0.25) is 0 Å². The molecule has 70 valence electrons. The van der Waals surface area contributed by atoms with Gasteiger partial charge in [-0.2, -0.15) is 0 Å². The summed E-state index contributed by atoms with van der Waals surface area (Å²) in [5, 5.41) is 3.29. The Morgan fingerprint density at radius 3 is 3.08 bits per heavy atom. The summed E-state index contributed by atoms with van der Waals surface area (Å²) in [5.41, 5.74) is 7.65. The van der Waals surface area contributed by atoms with Crippen molar-refractivity contribution >= 4 is 5.69 Å². The van der Waals surface area contributed by atoms with Crippen LogP contribution in [0, 0.1) is 0 Å². The van der Waals surface area contributed by atoms with E-state index in [9.17, 15) is 0 Å². The second-order valence-corrected chi connectivity index (χ2v) is 3.23. The third kappa shape index (κ3) is 1.99. The van der Waals surface area contributed by atoms with Crippen LogP contribution < -0.4 is 11.1 Å². The molecule has 1 aromatic carbocycles. The van der Waals surface area contributed by atoms with Crippen LogP contribution in [0.15, 0.2) is 24.3 Å². The van der Waals surface area contributed by atoms with Gasteiger partial charge in [-0.3, -0.25) is 0 Å². The Balaban J connectivity index is 2.14. The zero-order valence-corrected chi connectivity index (χ0v) is 7.49. The highest BCUT2D eigenvalue weighted by Crippen LogP contribution is 2.20. The number of nitrogen functional groups attached to an aromatic ring is 1. The van der Waals surface area contributed by atoms with E-state index in [1.165, 1.54) is 0 Å². The minimum Gasteiger partial charge on any atom is -0.399 e. The number of hydrogen-bond donors (Lipinski definition) is 2. The highest BCUT2D eigenvalue weighted by atomic mass is 16.5. The summed E-state index contributed by atoms with van der Waals surface area (Å²) in [7, 11) is 0. The fourth-order valence-corrected chi connectivity index (χ4v) is 1.54. The number of anilines is 1. The van der Waals surface area contributed by atoms with E-state index in [1.807, 2.05) is 24.3 Å². The van der Waals surface area contributed by atoms with Crippen molar-refractivity contribution in [2.24, 2.45) is 0 Å². The first-order valence-corrected chi connectivity index (χ1v) is 4.54. The largest absolute Gasteiger partial charge is 0.399 e. The van der Waals surface area contributed by atoms with E-state index in [1.54, 1.807) is 0 Å². The lowest BCUT2D eigenvalue weighted by atomic mass is 10.1. The highest BCUT2D eigenvalue weighted by molar-refractivity contribution is 5.41. The van der Waals surface area contributed by atoms with Crippen LogP contribution in [0.5, 0.6) is 0 Å². The number of morpholine rings is 1. The van der Waals surface area contributed by atoms with Crippen LogP contribution in [0.25, 0.3) is 0 Å². The average molecular weight is 178 g/mol. The summed E-state index contributed by atoms with van der Waals surface area (Å²) >= 11 is 0. The summed E-state index contributed by atoms with van der Waals surface area (Å²) in [6.07, 6.45) is 0.164. The summed E-state index contributed by atoms with van der Waals surface area (Å²) in [5.74, 6) is 0. The van der Waals surface area contributed by atoms with Gasteiger partial charge in [-0.1, -0.05) is 12.1 Å². The smallest absolute Gasteiger partial charge is 0.0950 e. The lowest BCUT2D eigenvalue weighted by Crippen LogP contribution is -2.33. The van der Waals surface area contributed by atoms with Crippen molar-refractivity contribution in [3.8, 4) is 0 Å². The van der Waals surface area contributed by atoms with Crippen molar-refractivity contribution in [2.45, 2.75) is 6.10 Å². The minimum atomic E-state index is 0.164. The molecule has 1 aromatic rings. The molecular formula is C10H14N2O. The Bertz CT molecular complexity index is 282. The predicted octanol–water partition coefficient (Wildman–Crippen LogP) is 0.930. The average Bonchev–Trinajstić information content (AvgIpc) is 2.19. The van der Waals surface area contributed by atoms with Crippen molar-refractivity contribution in [3.63, 3.8) is 0 Å². The summed E-state index contributed by atoms with van der Waals surface area (Å²) < 4.78 is 5.60. The number of nitrogens with one attached hydrogen (secondary N) is 1. The van der Waals surface area contributed by atoms with E-state index >= 15 is 0 Å². The maximum atomic E-state index is 5.69. The molecule has 0 aromatic heterocycles. The number of hydrogen-bond acceptors (Lipinski definition) is 3. The molecule has 0 amide bonds. The molecule has 1 aliphatic heterocycles. The molecule has 0 radical (unpaired) electrons. The fourth-order valence-electron chi connectivity index (χ4n) is 1.54. The van der Waals surface area contributed by atoms with E-state index in [0.29, 0.717) is 0 Å². The zero-order valence-electron chi connectivity index (χ0n) is 7.49. The molecule has 1 aliphatic rings. The van der Waals surface area contributed by atoms with Crippen molar-refractivity contribution in [3.05, 3.63) is 29.8 Å². The fraction of sp³-hybridized carbons (Fsp3) is 0.400. The second-order valence-electron chi connectivity index (χ2n) is 3.23. The molecule has 13 heavy (non-hydrogen) atoms. The van der Waals surface area contributed by atoms with Gasteiger partial charge in [0.15, 0.2) is 0 Å². The van der Waals surface area contributed by atoms with Gasteiger partial charge in [-0.15, -0.1) is 0 Å². The van der Waals surface area contributed by atoms with Crippen molar-refractivity contribution in [2.75, 3.05) is 25.4 Å². The van der Waals surface area contributed by atoms with Gasteiger partial charge in [0.25, 0.3) is 0 Å². The molecule has 0 saturated carbocycles. The first-order chi connectivity index (χ1) is 6.36. The third-order valence-corrected chi connectivity index (χ3v) is 2.21. The van der Waals surface area contributed by atoms with E-state index in [-0.39, 0.29) is 6.10 Å². The molecule has 0 bridgehead atoms. The Labute approximate surface area is 77.9 Å². The van der Waals surface area contributed by atoms with Gasteiger partial charge >= 0.3 is 0 Å². The Morgan fingerprint density at radius 2 is 2.38 bits per heavy atom. The predicted molar refractivity (Wildman–Crippen MR) is 52.4 cm³/mol. The normalized spacial score (nSPS) is 22.9. The van der Waals surface area contributed by atoms with E-state index in [0.717, 1.165) is 30.9 Å². The maximum Gasteiger partial charge on any atom is 0.0950 e. The molecule has 3 N–H and O–H groups in total. The first kappa shape index (κ1) is 8.53. The van der Waals surface area contributed by atoms with Crippen LogP contribution in [-0.4, -0.2) is 19.7 Å². The van der Waals surface area contributed by atoms with Gasteiger partial charge in [-0.25, -0.2) is 0 Å². The molecule has 2 rings (SSSR count). The molecule has 3 heteroatoms. The number of ether oxygens (including phenoxy) is 1. The topological polar surface area (TPSA) is 47.3 Å². The van der Waals surface area contributed by atoms with Crippen molar-refractivity contribution in [1.82, 2.24) is 5.32 Å². The quantitative estimate of drug-likeness (QED) is 0.629. The first-order valence-electron chi connectivity index (χ1n) is 4.54. The lowest BCUT2D eigenvalue weighted by Gasteiger charge is -2.24. The van der Waals surface area contributed by atoms with Crippen LogP contribution in [-0.2, 0) is 4.74 Å². The molecule has 1 unspecified atom stereocenters. The third-order valence-electron chi connectivity index (χ3n) is 2.21. The molecular weight excluding hydrogens is 164 g/mol. The van der Waals surface area contributed by atoms with Gasteiger partial charge in [0.2, 0.25) is 0 Å². The van der Waals surface area contributed by atoms with E-state index in [2.05, 4.69) is 5.32 Å². The Kier molecular flexibility index (Phi) is 2.47. The van der Waals surface area contributed by atoms with Crippen LogP contribution >= 0.6 is 0 Å². The number of nitrogens with two attached hydrogens (primary N) is 1. The van der Waals surface area contributed by atoms with Gasteiger partial charge in [0.1, 0.15) is 0 Å². The molecule has 3 nitrogen and oxygen atoms in total. The monoisotopic (exact) mass is 178 g/mol. The molecule has 1 heterocycles. The zero-order chi connectivity index (χ0) is 9.10. The Hall–Kier alpha value is -1.06. The minimum absolute atomic E-state index is 0.164. The van der Waals surface area contributed by atoms with E-state index < -0.39 is 0 Å². The standard InChI is InChI=1S/C10H14N2O/c11-9-3-1-2-8(6-9)10-7-12-4-5-13-10/h1-3,6,10,12H,4-5,7,11H2. The van der Waals surface area contributed by atoms with Crippen LogP contribution in [0.1, 0.15) is 11.7 Å². The molecule has 1 saturated heterocycles. The number of rotatable bonds is 1. The van der Waals surface area contributed by atoms with Crippen LogP contribution in [0.4, 0.5) is 5.69 Å². The molecule has 0 spiro atoms. The molecule has 1 fully saturated rings. The van der Waals surface area contributed by atoms with Crippen molar-refractivity contribution < 1.29 is 4.74 Å². The Morgan fingerprint density at radius 1 is 1.46 bits per heavy atom. The van der Waals surface area contributed by atoms with Gasteiger partial charge in [-0.05, 0) is 17.7 Å². The lowest BCUT2D eigenvalue weighted by molar-refractivity contribution is 0.0277. The second kappa shape index (κ2) is 3.77. The molecule has 0 aliphatic carbocycles. The summed E-state index contributed by atoms with van der Waals surface area (Å²) in [6.45, 7) is 2.60. The summed E-state index contributed by atoms with van der Waals surface area (Å²) in [6, 6.07) is 7.87. The van der Waals surface area contributed by atoms with E-state index in [4.69, 9.17) is 10.5 Å². The highest BCUT2D eigenvalue weighted by Gasteiger charge is 2.14. The maximum absolute atomic E-state index is 5.69. The number of benzene rings is 1. The van der Waals surface area contributed by atoms with Crippen LogP contribution in [0.3, 0.4) is 0 Å². The van der Waals surface area contributed by atoms with Crippen molar-refractivity contribution in [1.29, 1.82) is 0 Å². The van der Waals surface area contributed by atoms with Gasteiger partial charge in [0, 0.05) is 18.8 Å². The van der Waals surface area contributed by atoms with Gasteiger partial charge in [0.05, 0.1) is 12.7 Å². The summed E-state index contributed by atoms with van der Waals surface area (Å²) in [4.78, 5) is 0. The van der Waals surface area contributed by atoms with Gasteiger partial charge < -0.3 is 15.8 Å². The SMILES string of the molecule is Nc1cccc(C2CNCCO2)c1. The molecule has 1 atom stereocenters.